The minimum atomic E-state index is 0.847. The third-order valence-electron chi connectivity index (χ3n) is 8.61. The highest BCUT2D eigenvalue weighted by Crippen LogP contribution is 2.34. The van der Waals surface area contributed by atoms with Gasteiger partial charge in [0.15, 0.2) is 0 Å². The number of pyridine rings is 2. The zero-order chi connectivity index (χ0) is 30.5. The maximum absolute atomic E-state index is 5.23. The zero-order valence-electron chi connectivity index (χ0n) is 24.8. The van der Waals surface area contributed by atoms with E-state index in [0.717, 1.165) is 77.9 Å². The molecule has 0 amide bonds. The molecule has 0 aliphatic carbocycles. The van der Waals surface area contributed by atoms with Gasteiger partial charge in [-0.1, -0.05) is 121 Å². The highest BCUT2D eigenvalue weighted by Gasteiger charge is 2.15. The Kier molecular flexibility index (Phi) is 6.10. The van der Waals surface area contributed by atoms with Crippen LogP contribution in [-0.4, -0.2) is 19.9 Å². The van der Waals surface area contributed by atoms with Crippen LogP contribution in [0.15, 0.2) is 158 Å². The normalized spacial score (nSPS) is 11.5. The Morgan fingerprint density at radius 3 is 1.48 bits per heavy atom. The lowest BCUT2D eigenvalue weighted by atomic mass is 10.00. The SMILES string of the molecule is c1ccc(-c2nc3ccccc3nc2-c2cccc(-c3ccc4ccc5ccc(-c6ccc7ccccc7c6)nc5c4n3)c2)cc1. The van der Waals surface area contributed by atoms with Gasteiger partial charge in [-0.05, 0) is 47.2 Å². The maximum Gasteiger partial charge on any atom is 0.0973 e. The van der Waals surface area contributed by atoms with Crippen LogP contribution in [0.4, 0.5) is 0 Å². The van der Waals surface area contributed by atoms with Gasteiger partial charge in [-0.2, -0.15) is 0 Å². The van der Waals surface area contributed by atoms with E-state index in [0.29, 0.717) is 0 Å². The molecule has 0 bridgehead atoms. The van der Waals surface area contributed by atoms with E-state index >= 15 is 0 Å². The molecule has 0 saturated heterocycles. The number of benzene rings is 6. The molecule has 0 aliphatic heterocycles. The average molecular weight is 587 g/mol. The average Bonchev–Trinajstić information content (AvgIpc) is 3.14. The summed E-state index contributed by atoms with van der Waals surface area (Å²) in [5.41, 5.74) is 11.2. The lowest BCUT2D eigenvalue weighted by Crippen LogP contribution is -1.96. The second-order valence-electron chi connectivity index (χ2n) is 11.5. The lowest BCUT2D eigenvalue weighted by molar-refractivity contribution is 1.29. The molecule has 9 aromatic rings. The first kappa shape index (κ1) is 26.2. The predicted octanol–water partition coefficient (Wildman–Crippen LogP) is 10.5. The number of fused-ring (bicyclic) bond motifs is 5. The first-order valence-corrected chi connectivity index (χ1v) is 15.4. The van der Waals surface area contributed by atoms with E-state index in [1.165, 1.54) is 10.8 Å². The van der Waals surface area contributed by atoms with Gasteiger partial charge in [-0.15, -0.1) is 0 Å². The Morgan fingerprint density at radius 1 is 0.283 bits per heavy atom. The summed E-state index contributed by atoms with van der Waals surface area (Å²) < 4.78 is 0. The first-order chi connectivity index (χ1) is 22.8. The van der Waals surface area contributed by atoms with E-state index in [9.17, 15) is 0 Å². The van der Waals surface area contributed by atoms with E-state index in [-0.39, 0.29) is 0 Å². The molecule has 4 heteroatoms. The van der Waals surface area contributed by atoms with Gasteiger partial charge in [0, 0.05) is 33.0 Å². The number of nitrogens with zero attached hydrogens (tertiary/aromatic N) is 4. The van der Waals surface area contributed by atoms with Gasteiger partial charge in [0.2, 0.25) is 0 Å². The smallest absolute Gasteiger partial charge is 0.0973 e. The Morgan fingerprint density at radius 2 is 0.783 bits per heavy atom. The summed E-state index contributed by atoms with van der Waals surface area (Å²) >= 11 is 0. The van der Waals surface area contributed by atoms with Crippen molar-refractivity contribution in [2.75, 3.05) is 0 Å². The van der Waals surface area contributed by atoms with Crippen molar-refractivity contribution >= 4 is 43.6 Å². The van der Waals surface area contributed by atoms with Crippen LogP contribution in [0.25, 0.3) is 88.6 Å². The fourth-order valence-corrected chi connectivity index (χ4v) is 6.26. The van der Waals surface area contributed by atoms with Gasteiger partial charge < -0.3 is 0 Å². The summed E-state index contributed by atoms with van der Waals surface area (Å²) in [6.07, 6.45) is 0. The molecule has 0 atom stereocenters. The van der Waals surface area contributed by atoms with Gasteiger partial charge >= 0.3 is 0 Å². The van der Waals surface area contributed by atoms with E-state index < -0.39 is 0 Å². The highest BCUT2D eigenvalue weighted by atomic mass is 14.8. The van der Waals surface area contributed by atoms with Crippen molar-refractivity contribution in [2.24, 2.45) is 0 Å². The van der Waals surface area contributed by atoms with E-state index in [4.69, 9.17) is 19.9 Å². The van der Waals surface area contributed by atoms with Crippen molar-refractivity contribution in [1.82, 2.24) is 19.9 Å². The highest BCUT2D eigenvalue weighted by molar-refractivity contribution is 6.04. The Labute approximate surface area is 265 Å². The van der Waals surface area contributed by atoms with Gasteiger partial charge in [0.1, 0.15) is 0 Å². The summed E-state index contributed by atoms with van der Waals surface area (Å²) in [4.78, 5) is 20.6. The fraction of sp³-hybridized carbons (Fsp3) is 0. The topological polar surface area (TPSA) is 51.6 Å². The molecule has 46 heavy (non-hydrogen) atoms. The molecular formula is C42H26N4. The minimum Gasteiger partial charge on any atom is -0.245 e. The molecule has 214 valence electrons. The monoisotopic (exact) mass is 586 g/mol. The van der Waals surface area contributed by atoms with Crippen molar-refractivity contribution in [1.29, 1.82) is 0 Å². The molecule has 3 heterocycles. The second kappa shape index (κ2) is 10.7. The number of para-hydroxylation sites is 2. The molecule has 4 nitrogen and oxygen atoms in total. The quantitative estimate of drug-likeness (QED) is 0.193. The second-order valence-corrected chi connectivity index (χ2v) is 11.5. The van der Waals surface area contributed by atoms with Crippen molar-refractivity contribution < 1.29 is 0 Å². The molecule has 0 unspecified atom stereocenters. The van der Waals surface area contributed by atoms with E-state index in [1.807, 2.05) is 42.5 Å². The summed E-state index contributed by atoms with van der Waals surface area (Å²) in [6.45, 7) is 0. The molecule has 0 radical (unpaired) electrons. The number of aromatic nitrogens is 4. The molecule has 0 N–H and O–H groups in total. The summed E-state index contributed by atoms with van der Waals surface area (Å²) in [5, 5.41) is 4.54. The number of rotatable bonds is 4. The molecule has 0 fully saturated rings. The first-order valence-electron chi connectivity index (χ1n) is 15.4. The van der Waals surface area contributed by atoms with Crippen LogP contribution in [0.3, 0.4) is 0 Å². The van der Waals surface area contributed by atoms with Crippen molar-refractivity contribution in [3.8, 4) is 45.0 Å². The van der Waals surface area contributed by atoms with Crippen LogP contribution in [0.2, 0.25) is 0 Å². The van der Waals surface area contributed by atoms with Gasteiger partial charge in [-0.25, -0.2) is 19.9 Å². The molecule has 6 aromatic carbocycles. The molecule has 0 saturated carbocycles. The van der Waals surface area contributed by atoms with Crippen LogP contribution < -0.4 is 0 Å². The minimum absolute atomic E-state index is 0.847. The fourth-order valence-electron chi connectivity index (χ4n) is 6.26. The molecular weight excluding hydrogens is 560 g/mol. The molecule has 0 spiro atoms. The van der Waals surface area contributed by atoms with E-state index in [1.54, 1.807) is 0 Å². The number of hydrogen-bond acceptors (Lipinski definition) is 4. The predicted molar refractivity (Wildman–Crippen MR) is 189 cm³/mol. The van der Waals surface area contributed by atoms with Crippen LogP contribution in [0.5, 0.6) is 0 Å². The Balaban J connectivity index is 1.18. The zero-order valence-corrected chi connectivity index (χ0v) is 24.8. The maximum atomic E-state index is 5.23. The summed E-state index contributed by atoms with van der Waals surface area (Å²) in [6, 6.07) is 54.4. The van der Waals surface area contributed by atoms with Gasteiger partial charge in [0.05, 0.1) is 44.8 Å². The van der Waals surface area contributed by atoms with Crippen LogP contribution in [-0.2, 0) is 0 Å². The lowest BCUT2D eigenvalue weighted by Gasteiger charge is -2.12. The van der Waals surface area contributed by atoms with Crippen molar-refractivity contribution in [2.45, 2.75) is 0 Å². The molecule has 9 rings (SSSR count). The third kappa shape index (κ3) is 4.56. The van der Waals surface area contributed by atoms with Gasteiger partial charge in [-0.3, -0.25) is 0 Å². The van der Waals surface area contributed by atoms with Crippen LogP contribution in [0.1, 0.15) is 0 Å². The summed E-state index contributed by atoms with van der Waals surface area (Å²) in [7, 11) is 0. The molecule has 0 aliphatic rings. The number of hydrogen-bond donors (Lipinski definition) is 0. The van der Waals surface area contributed by atoms with Crippen molar-refractivity contribution in [3.05, 3.63) is 158 Å². The van der Waals surface area contributed by atoms with Crippen LogP contribution in [0, 0.1) is 0 Å². The van der Waals surface area contributed by atoms with E-state index in [2.05, 4.69) is 115 Å². The Hall–Kier alpha value is -6.26. The summed E-state index contributed by atoms with van der Waals surface area (Å²) in [5.74, 6) is 0. The standard InChI is InChI=1S/C42H26N4/c1-2-10-28(11-3-1)39-42(46-38-16-7-6-15-37(38)45-39)34-14-8-13-32(26-34)35-23-21-29-18-19-30-22-24-36(44-41(30)40(29)43-35)33-20-17-27-9-4-5-12-31(27)25-33/h1-26H. The third-order valence-corrected chi connectivity index (χ3v) is 8.61. The van der Waals surface area contributed by atoms with Gasteiger partial charge in [0.25, 0.3) is 0 Å². The van der Waals surface area contributed by atoms with Crippen LogP contribution >= 0.6 is 0 Å². The van der Waals surface area contributed by atoms with Crippen molar-refractivity contribution in [3.63, 3.8) is 0 Å². The Bertz CT molecular complexity index is 2590. The molecule has 3 aromatic heterocycles. The largest absolute Gasteiger partial charge is 0.245 e.